The van der Waals surface area contributed by atoms with Crippen LogP contribution in [-0.2, 0) is 4.79 Å². The molecule has 4 heterocycles. The quantitative estimate of drug-likeness (QED) is 0.718. The van der Waals surface area contributed by atoms with Crippen LogP contribution in [0.15, 0.2) is 36.7 Å². The number of pyridine rings is 1. The molecule has 2 aliphatic rings. The molecular weight excluding hydrogens is 427 g/mol. The zero-order chi connectivity index (χ0) is 19.3. The Morgan fingerprint density at radius 1 is 1.17 bits per heavy atom. The Morgan fingerprint density at radius 2 is 2.03 bits per heavy atom. The highest BCUT2D eigenvalue weighted by molar-refractivity contribution is 5.92. The van der Waals surface area contributed by atoms with Crippen molar-refractivity contribution in [3.8, 4) is 5.82 Å². The van der Waals surface area contributed by atoms with Crippen LogP contribution in [0.25, 0.3) is 5.82 Å². The molecule has 10 heteroatoms. The van der Waals surface area contributed by atoms with Gasteiger partial charge in [0.25, 0.3) is 5.91 Å². The van der Waals surface area contributed by atoms with E-state index in [-0.39, 0.29) is 48.6 Å². The number of nitrogens with one attached hydrogen (secondary N) is 2. The molecular formula is C20H28Cl2N6O2. The second-order valence-electron chi connectivity index (χ2n) is 7.49. The number of hydrogen-bond donors (Lipinski definition) is 2. The van der Waals surface area contributed by atoms with Gasteiger partial charge in [-0.15, -0.1) is 24.8 Å². The van der Waals surface area contributed by atoms with Crippen molar-refractivity contribution in [2.45, 2.75) is 31.7 Å². The first-order valence-corrected chi connectivity index (χ1v) is 9.98. The van der Waals surface area contributed by atoms with E-state index in [1.807, 2.05) is 23.1 Å². The van der Waals surface area contributed by atoms with Crippen LogP contribution < -0.4 is 10.6 Å². The molecule has 0 spiro atoms. The summed E-state index contributed by atoms with van der Waals surface area (Å²) in [7, 11) is 0. The maximum atomic E-state index is 13.0. The summed E-state index contributed by atoms with van der Waals surface area (Å²) in [6.45, 7) is 2.89. The Morgan fingerprint density at radius 3 is 2.77 bits per heavy atom. The highest BCUT2D eigenvalue weighted by atomic mass is 35.5. The molecule has 2 aromatic rings. The Hall–Kier alpha value is -2.16. The minimum Gasteiger partial charge on any atom is -0.354 e. The van der Waals surface area contributed by atoms with Crippen LogP contribution in [0.4, 0.5) is 0 Å². The van der Waals surface area contributed by atoms with Crippen molar-refractivity contribution in [3.05, 3.63) is 42.4 Å². The Kier molecular flexibility index (Phi) is 9.08. The van der Waals surface area contributed by atoms with Crippen LogP contribution in [-0.4, -0.2) is 63.7 Å². The van der Waals surface area contributed by atoms with Crippen molar-refractivity contribution in [1.82, 2.24) is 30.3 Å². The molecule has 2 saturated heterocycles. The smallest absolute Gasteiger partial charge is 0.272 e. The molecule has 2 unspecified atom stereocenters. The van der Waals surface area contributed by atoms with Gasteiger partial charge in [-0.05, 0) is 56.3 Å². The molecule has 0 aliphatic carbocycles. The van der Waals surface area contributed by atoms with Gasteiger partial charge >= 0.3 is 0 Å². The Labute approximate surface area is 188 Å². The van der Waals surface area contributed by atoms with E-state index in [2.05, 4.69) is 20.7 Å². The summed E-state index contributed by atoms with van der Waals surface area (Å²) in [6, 6.07) is 7.16. The van der Waals surface area contributed by atoms with Crippen molar-refractivity contribution in [2.24, 2.45) is 5.92 Å². The summed E-state index contributed by atoms with van der Waals surface area (Å²) in [6.07, 6.45) is 7.39. The molecule has 8 nitrogen and oxygen atoms in total. The first-order chi connectivity index (χ1) is 13.7. The largest absolute Gasteiger partial charge is 0.354 e. The van der Waals surface area contributed by atoms with E-state index < -0.39 is 0 Å². The molecule has 30 heavy (non-hydrogen) atoms. The third kappa shape index (κ3) is 5.71. The third-order valence-electron chi connectivity index (χ3n) is 5.44. The fourth-order valence-electron chi connectivity index (χ4n) is 3.93. The third-order valence-corrected chi connectivity index (χ3v) is 5.44. The fourth-order valence-corrected chi connectivity index (χ4v) is 3.93. The average molecular weight is 455 g/mol. The second-order valence-corrected chi connectivity index (χ2v) is 7.49. The summed E-state index contributed by atoms with van der Waals surface area (Å²) in [4.78, 5) is 31.5. The minimum absolute atomic E-state index is 0. The van der Waals surface area contributed by atoms with Gasteiger partial charge in [0, 0.05) is 32.0 Å². The minimum atomic E-state index is -0.0671. The number of amides is 2. The molecule has 2 aliphatic heterocycles. The van der Waals surface area contributed by atoms with E-state index in [1.165, 1.54) is 0 Å². The normalized spacial score (nSPS) is 20.7. The highest BCUT2D eigenvalue weighted by Gasteiger charge is 2.27. The van der Waals surface area contributed by atoms with Crippen LogP contribution in [0.3, 0.4) is 0 Å². The van der Waals surface area contributed by atoms with Crippen LogP contribution >= 0.6 is 24.8 Å². The standard InChI is InChI=1S/C20H26N6O2.2ClH/c27-19(16-7-2-9-21-16)22-13-15-5-3-11-25(14-15)20(28)17-6-1-8-18(24-17)26-12-4-10-23-26;;/h1,4,6,8,10,12,15-16,21H,2-3,5,7,9,11,13-14H2,(H,22,27);2*1H. The van der Waals surface area contributed by atoms with Gasteiger partial charge in [0.05, 0.1) is 6.04 Å². The van der Waals surface area contributed by atoms with Crippen molar-refractivity contribution in [2.75, 3.05) is 26.2 Å². The van der Waals surface area contributed by atoms with E-state index in [0.717, 1.165) is 38.8 Å². The lowest BCUT2D eigenvalue weighted by atomic mass is 9.97. The average Bonchev–Trinajstić information content (AvgIpc) is 3.46. The molecule has 2 aromatic heterocycles. The number of likely N-dealkylation sites (tertiary alicyclic amines) is 1. The number of rotatable bonds is 5. The number of piperidine rings is 1. The second kappa shape index (κ2) is 11.3. The Bertz CT molecular complexity index is 826. The highest BCUT2D eigenvalue weighted by Crippen LogP contribution is 2.18. The summed E-state index contributed by atoms with van der Waals surface area (Å²) in [5, 5.41) is 10.4. The van der Waals surface area contributed by atoms with Gasteiger partial charge in [0.1, 0.15) is 5.69 Å². The zero-order valence-electron chi connectivity index (χ0n) is 16.7. The number of carbonyl (C=O) groups is 2. The Balaban J connectivity index is 0.00000160. The number of carbonyl (C=O) groups excluding carboxylic acids is 2. The monoisotopic (exact) mass is 454 g/mol. The predicted molar refractivity (Wildman–Crippen MR) is 119 cm³/mol. The number of nitrogens with zero attached hydrogens (tertiary/aromatic N) is 4. The van der Waals surface area contributed by atoms with Gasteiger partial charge in [-0.1, -0.05) is 6.07 Å². The van der Waals surface area contributed by atoms with Crippen LogP contribution in [0.1, 0.15) is 36.2 Å². The van der Waals surface area contributed by atoms with E-state index in [1.54, 1.807) is 23.1 Å². The van der Waals surface area contributed by atoms with Crippen molar-refractivity contribution in [3.63, 3.8) is 0 Å². The zero-order valence-corrected chi connectivity index (χ0v) is 18.3. The van der Waals surface area contributed by atoms with Gasteiger partial charge in [-0.25, -0.2) is 9.67 Å². The summed E-state index contributed by atoms with van der Waals surface area (Å²) >= 11 is 0. The number of aromatic nitrogens is 3. The number of hydrogen-bond acceptors (Lipinski definition) is 5. The molecule has 2 atom stereocenters. The van der Waals surface area contributed by atoms with Gasteiger partial charge in [0.15, 0.2) is 5.82 Å². The molecule has 2 N–H and O–H groups in total. The van der Waals surface area contributed by atoms with Crippen LogP contribution in [0.2, 0.25) is 0 Å². The van der Waals surface area contributed by atoms with E-state index in [4.69, 9.17) is 0 Å². The molecule has 4 rings (SSSR count). The molecule has 2 amide bonds. The van der Waals surface area contributed by atoms with Crippen molar-refractivity contribution in [1.29, 1.82) is 0 Å². The molecule has 0 saturated carbocycles. The predicted octanol–water partition coefficient (Wildman–Crippen LogP) is 1.83. The van der Waals surface area contributed by atoms with Crippen LogP contribution in [0, 0.1) is 5.92 Å². The lowest BCUT2D eigenvalue weighted by Crippen LogP contribution is -2.46. The van der Waals surface area contributed by atoms with Crippen molar-refractivity contribution < 1.29 is 9.59 Å². The number of halogens is 2. The lowest BCUT2D eigenvalue weighted by Gasteiger charge is -2.33. The first-order valence-electron chi connectivity index (χ1n) is 9.98. The molecule has 0 aromatic carbocycles. The maximum absolute atomic E-state index is 13.0. The summed E-state index contributed by atoms with van der Waals surface area (Å²) in [5.74, 6) is 0.912. The molecule has 0 bridgehead atoms. The molecule has 2 fully saturated rings. The van der Waals surface area contributed by atoms with Gasteiger partial charge in [-0.2, -0.15) is 5.10 Å². The summed E-state index contributed by atoms with van der Waals surface area (Å²) in [5.41, 5.74) is 0.424. The van der Waals surface area contributed by atoms with Crippen molar-refractivity contribution >= 4 is 36.6 Å². The van der Waals surface area contributed by atoms with E-state index in [0.29, 0.717) is 24.6 Å². The molecule has 164 valence electrons. The van der Waals surface area contributed by atoms with E-state index >= 15 is 0 Å². The van der Waals surface area contributed by atoms with Crippen LogP contribution in [0.5, 0.6) is 0 Å². The van der Waals surface area contributed by atoms with E-state index in [9.17, 15) is 9.59 Å². The topological polar surface area (TPSA) is 92.2 Å². The fraction of sp³-hybridized carbons (Fsp3) is 0.500. The van der Waals surface area contributed by atoms with Gasteiger partial charge in [-0.3, -0.25) is 9.59 Å². The SMILES string of the molecule is Cl.Cl.O=C(NCC1CCCN(C(=O)c2cccc(-n3cccn3)n2)C1)C1CCCN1. The first kappa shape index (κ1) is 24.1. The maximum Gasteiger partial charge on any atom is 0.272 e. The lowest BCUT2D eigenvalue weighted by molar-refractivity contribution is -0.123. The van der Waals surface area contributed by atoms with Gasteiger partial charge < -0.3 is 15.5 Å². The van der Waals surface area contributed by atoms with Gasteiger partial charge in [0.2, 0.25) is 5.91 Å². The molecule has 0 radical (unpaired) electrons. The summed E-state index contributed by atoms with van der Waals surface area (Å²) < 4.78 is 1.64.